The zero-order valence-electron chi connectivity index (χ0n) is 11.8. The van der Waals surface area contributed by atoms with E-state index in [4.69, 9.17) is 11.6 Å². The van der Waals surface area contributed by atoms with E-state index in [1.165, 1.54) is 24.3 Å². The van der Waals surface area contributed by atoms with Crippen LogP contribution in [0.5, 0.6) is 0 Å². The third kappa shape index (κ3) is 5.17. The van der Waals surface area contributed by atoms with Crippen LogP contribution >= 0.6 is 11.6 Å². The lowest BCUT2D eigenvalue weighted by Crippen LogP contribution is -2.20. The van der Waals surface area contributed by atoms with Gasteiger partial charge in [0.15, 0.2) is 0 Å². The summed E-state index contributed by atoms with van der Waals surface area (Å²) < 4.78 is 26.2. The summed E-state index contributed by atoms with van der Waals surface area (Å²) in [6, 6.07) is 12.6. The Morgan fingerprint density at radius 2 is 1.78 bits per heavy atom. The van der Waals surface area contributed by atoms with Crippen LogP contribution in [0.4, 0.5) is 5.69 Å². The third-order valence-corrected chi connectivity index (χ3v) is 4.24. The van der Waals surface area contributed by atoms with Crippen molar-refractivity contribution in [1.29, 1.82) is 0 Å². The van der Waals surface area contributed by atoms with Crippen LogP contribution in [0.3, 0.4) is 0 Å². The molecule has 0 bridgehead atoms. The largest absolute Gasteiger partial charge is 0.276 e. The van der Waals surface area contributed by atoms with Gasteiger partial charge < -0.3 is 0 Å². The first-order valence-corrected chi connectivity index (χ1v) is 8.45. The summed E-state index contributed by atoms with van der Waals surface area (Å²) in [5, 5.41) is 12.4. The molecule has 2 rings (SSSR count). The van der Waals surface area contributed by atoms with Gasteiger partial charge in [-0.05, 0) is 29.8 Å². The zero-order chi connectivity index (χ0) is 16.9. The van der Waals surface area contributed by atoms with Crippen molar-refractivity contribution >= 4 is 33.4 Å². The predicted octanol–water partition coefficient (Wildman–Crippen LogP) is 3.34. The lowest BCUT2D eigenvalue weighted by Gasteiger charge is -2.03. The fourth-order valence-electron chi connectivity index (χ4n) is 1.79. The number of halogens is 1. The third-order valence-electron chi connectivity index (χ3n) is 2.95. The van der Waals surface area contributed by atoms with Gasteiger partial charge >= 0.3 is 0 Å². The average Bonchev–Trinajstić information content (AvgIpc) is 2.53. The fourth-order valence-corrected chi connectivity index (χ4v) is 2.71. The number of hydrogen-bond acceptors (Lipinski definition) is 4. The molecule has 0 aliphatic carbocycles. The Bertz CT molecular complexity index is 833. The van der Waals surface area contributed by atoms with Gasteiger partial charge in [-0.25, -0.2) is 13.1 Å². The highest BCUT2D eigenvalue weighted by molar-refractivity contribution is 7.92. The van der Waals surface area contributed by atoms with E-state index < -0.39 is 14.9 Å². The highest BCUT2D eigenvalue weighted by Gasteiger charge is 2.11. The van der Waals surface area contributed by atoms with Crippen molar-refractivity contribution in [2.75, 3.05) is 0 Å². The minimum absolute atomic E-state index is 0.0979. The normalized spacial score (nSPS) is 11.7. The van der Waals surface area contributed by atoms with E-state index in [-0.39, 0.29) is 17.8 Å². The van der Waals surface area contributed by atoms with Crippen molar-refractivity contribution in [1.82, 2.24) is 4.72 Å². The lowest BCUT2D eigenvalue weighted by molar-refractivity contribution is -0.385. The first-order chi connectivity index (χ1) is 10.9. The summed E-state index contributed by atoms with van der Waals surface area (Å²) in [6.07, 6.45) is 1.20. The van der Waals surface area contributed by atoms with Crippen LogP contribution in [0.1, 0.15) is 11.1 Å². The van der Waals surface area contributed by atoms with Gasteiger partial charge in [-0.3, -0.25) is 10.1 Å². The van der Waals surface area contributed by atoms with E-state index in [1.807, 2.05) is 0 Å². The second kappa shape index (κ2) is 7.36. The van der Waals surface area contributed by atoms with Crippen LogP contribution in [0.15, 0.2) is 53.9 Å². The minimum atomic E-state index is -3.72. The Morgan fingerprint density at radius 1 is 1.13 bits per heavy atom. The molecule has 23 heavy (non-hydrogen) atoms. The Labute approximate surface area is 138 Å². The van der Waals surface area contributed by atoms with E-state index in [0.717, 1.165) is 11.0 Å². The Hall–Kier alpha value is -2.22. The van der Waals surface area contributed by atoms with Gasteiger partial charge in [0.2, 0.25) is 10.0 Å². The molecule has 0 aromatic heterocycles. The molecule has 2 aromatic rings. The van der Waals surface area contributed by atoms with Gasteiger partial charge in [-0.15, -0.1) is 0 Å². The number of rotatable bonds is 6. The van der Waals surface area contributed by atoms with Crippen molar-refractivity contribution in [2.24, 2.45) is 0 Å². The highest BCUT2D eigenvalue weighted by Crippen LogP contribution is 2.19. The van der Waals surface area contributed by atoms with Crippen molar-refractivity contribution in [3.63, 3.8) is 0 Å². The van der Waals surface area contributed by atoms with Crippen LogP contribution in [-0.4, -0.2) is 13.3 Å². The number of para-hydroxylation sites is 1. The molecule has 0 unspecified atom stereocenters. The van der Waals surface area contributed by atoms with Gasteiger partial charge in [0.05, 0.1) is 10.5 Å². The topological polar surface area (TPSA) is 89.3 Å². The van der Waals surface area contributed by atoms with Crippen LogP contribution < -0.4 is 4.72 Å². The number of benzene rings is 2. The maximum absolute atomic E-state index is 11.9. The summed E-state index contributed by atoms with van der Waals surface area (Å²) in [7, 11) is -3.72. The number of nitrogens with one attached hydrogen (secondary N) is 1. The van der Waals surface area contributed by atoms with Gasteiger partial charge in [0, 0.05) is 23.0 Å². The summed E-state index contributed by atoms with van der Waals surface area (Å²) in [4.78, 5) is 10.3. The van der Waals surface area contributed by atoms with Crippen molar-refractivity contribution in [3.8, 4) is 0 Å². The Morgan fingerprint density at radius 3 is 2.43 bits per heavy atom. The molecule has 0 saturated heterocycles. The molecule has 0 aliphatic rings. The summed E-state index contributed by atoms with van der Waals surface area (Å²) in [5.74, 6) is 0. The number of sulfonamides is 1. The fraction of sp³-hybridized carbons (Fsp3) is 0.0667. The molecule has 1 N–H and O–H groups in total. The molecule has 0 radical (unpaired) electrons. The van der Waals surface area contributed by atoms with Crippen LogP contribution in [0.2, 0.25) is 5.02 Å². The molecular formula is C15H13ClN2O4S. The second-order valence-electron chi connectivity index (χ2n) is 4.61. The molecule has 0 fully saturated rings. The van der Waals surface area contributed by atoms with E-state index in [9.17, 15) is 18.5 Å². The van der Waals surface area contributed by atoms with Crippen molar-refractivity contribution in [3.05, 3.63) is 80.2 Å². The molecule has 0 aliphatic heterocycles. The molecule has 0 heterocycles. The molecule has 8 heteroatoms. The first kappa shape index (κ1) is 17.1. The smallest absolute Gasteiger partial charge is 0.258 e. The van der Waals surface area contributed by atoms with Gasteiger partial charge in [-0.1, -0.05) is 35.9 Å². The van der Waals surface area contributed by atoms with Gasteiger partial charge in [0.1, 0.15) is 0 Å². The van der Waals surface area contributed by atoms with Crippen LogP contribution in [0, 0.1) is 10.1 Å². The quantitative estimate of drug-likeness (QED) is 0.637. The minimum Gasteiger partial charge on any atom is -0.258 e. The molecule has 0 saturated carbocycles. The molecule has 120 valence electrons. The zero-order valence-corrected chi connectivity index (χ0v) is 13.4. The first-order valence-electron chi connectivity index (χ1n) is 6.53. The molecule has 6 nitrogen and oxygen atoms in total. The summed E-state index contributed by atoms with van der Waals surface area (Å²) in [5.41, 5.74) is 0.808. The Kier molecular flexibility index (Phi) is 5.49. The van der Waals surface area contributed by atoms with Crippen molar-refractivity contribution < 1.29 is 13.3 Å². The SMILES string of the molecule is O=[N+]([O-])c1ccccc1/C=C/S(=O)(=O)NCc1ccc(Cl)cc1. The van der Waals surface area contributed by atoms with E-state index in [2.05, 4.69) is 4.72 Å². The lowest BCUT2D eigenvalue weighted by atomic mass is 10.2. The molecule has 0 amide bonds. The average molecular weight is 353 g/mol. The number of hydrogen-bond donors (Lipinski definition) is 1. The van der Waals surface area contributed by atoms with E-state index >= 15 is 0 Å². The van der Waals surface area contributed by atoms with Crippen molar-refractivity contribution in [2.45, 2.75) is 6.54 Å². The number of nitrogens with zero attached hydrogens (tertiary/aromatic N) is 1. The molecular weight excluding hydrogens is 340 g/mol. The summed E-state index contributed by atoms with van der Waals surface area (Å²) >= 11 is 5.75. The second-order valence-corrected chi connectivity index (χ2v) is 6.70. The van der Waals surface area contributed by atoms with E-state index in [0.29, 0.717) is 5.02 Å². The maximum atomic E-state index is 11.9. The van der Waals surface area contributed by atoms with E-state index in [1.54, 1.807) is 30.3 Å². The standard InChI is InChI=1S/C15H13ClN2O4S/c16-14-7-5-12(6-8-14)11-17-23(21,22)10-9-13-3-1-2-4-15(13)18(19)20/h1-10,17H,11H2/b10-9+. The number of nitro benzene ring substituents is 1. The summed E-state index contributed by atoms with van der Waals surface area (Å²) in [6.45, 7) is 0.0979. The molecule has 0 spiro atoms. The molecule has 0 atom stereocenters. The monoisotopic (exact) mass is 352 g/mol. The Balaban J connectivity index is 2.09. The maximum Gasteiger partial charge on any atom is 0.276 e. The number of nitro groups is 1. The van der Waals surface area contributed by atoms with Crippen LogP contribution in [-0.2, 0) is 16.6 Å². The van der Waals surface area contributed by atoms with Gasteiger partial charge in [0.25, 0.3) is 5.69 Å². The van der Waals surface area contributed by atoms with Crippen LogP contribution in [0.25, 0.3) is 6.08 Å². The van der Waals surface area contributed by atoms with Gasteiger partial charge in [-0.2, -0.15) is 0 Å². The predicted molar refractivity (Wildman–Crippen MR) is 89.3 cm³/mol. The highest BCUT2D eigenvalue weighted by atomic mass is 35.5. The molecule has 2 aromatic carbocycles.